The van der Waals surface area contributed by atoms with Crippen molar-refractivity contribution in [2.45, 2.75) is 82.1 Å². The molecule has 5 heterocycles. The highest BCUT2D eigenvalue weighted by atomic mass is 35.5. The zero-order valence-electron chi connectivity index (χ0n) is 34.7. The number of anilines is 2. The van der Waals surface area contributed by atoms with Gasteiger partial charge in [-0.2, -0.15) is 19.0 Å². The van der Waals surface area contributed by atoms with Crippen LogP contribution in [0.4, 0.5) is 46.8 Å². The molecule has 0 radical (unpaired) electrons. The van der Waals surface area contributed by atoms with E-state index in [2.05, 4.69) is 19.9 Å². The zero-order valence-corrected chi connectivity index (χ0v) is 36.3. The number of rotatable bonds is 13. The van der Waals surface area contributed by atoms with E-state index in [1.165, 1.54) is 12.1 Å². The minimum Gasteiger partial charge on any atom is -0.372 e. The fraction of sp³-hybridized carbons (Fsp3) is 0.415. The number of hydrogen-bond donors (Lipinski definition) is 2. The van der Waals surface area contributed by atoms with Crippen LogP contribution in [0.1, 0.15) is 72.9 Å². The van der Waals surface area contributed by atoms with Gasteiger partial charge in [-0.3, -0.25) is 23.6 Å². The minimum absolute atomic E-state index is 0.159. The lowest BCUT2D eigenvalue weighted by Crippen LogP contribution is -2.45. The van der Waals surface area contributed by atoms with Crippen LogP contribution >= 0.6 is 11.6 Å². The monoisotopic (exact) mass is 968 g/mol. The third-order valence-electron chi connectivity index (χ3n) is 11.9. The lowest BCUT2D eigenvalue weighted by atomic mass is 9.89. The highest BCUT2D eigenvalue weighted by molar-refractivity contribution is 7.92. The summed E-state index contributed by atoms with van der Waals surface area (Å²) in [5, 5.41) is 7.14. The van der Waals surface area contributed by atoms with Gasteiger partial charge in [0.15, 0.2) is 11.5 Å². The molecule has 9 rings (SSSR count). The smallest absolute Gasteiger partial charge is 0.293 e. The number of nitrogens with two attached hydrogens (primary N) is 1. The first-order valence-electron chi connectivity index (χ1n) is 20.3. The number of primary amides is 1. The number of benzene rings is 2. The molecular weight excluding hydrogens is 932 g/mol. The Balaban J connectivity index is 1.40. The third kappa shape index (κ3) is 7.88. The maximum absolute atomic E-state index is 16.3. The summed E-state index contributed by atoms with van der Waals surface area (Å²) in [6, 6.07) is 5.05. The van der Waals surface area contributed by atoms with Crippen LogP contribution in [0.2, 0.25) is 5.02 Å². The molecule has 2 aromatic carbocycles. The number of morpholine rings is 1. The molecule has 6 aromatic rings. The van der Waals surface area contributed by atoms with Crippen molar-refractivity contribution in [1.29, 1.82) is 0 Å². The molecule has 1 aliphatic heterocycles. The first-order valence-corrected chi connectivity index (χ1v) is 22.6. The number of fused-ring (bicyclic) bond motifs is 5. The average molecular weight is 969 g/mol. The van der Waals surface area contributed by atoms with Crippen molar-refractivity contribution in [3.05, 3.63) is 97.8 Å². The third-order valence-corrected chi connectivity index (χ3v) is 12.8. The molecule has 3 aliphatic rings. The van der Waals surface area contributed by atoms with Crippen LogP contribution in [-0.2, 0) is 38.4 Å². The summed E-state index contributed by atoms with van der Waals surface area (Å²) >= 11 is 6.60. The summed E-state index contributed by atoms with van der Waals surface area (Å²) < 4.78 is 156. The van der Waals surface area contributed by atoms with Crippen LogP contribution in [0.5, 0.6) is 0 Å². The topological polar surface area (TPSA) is 185 Å². The molecular formula is C41H37ClF8N10O5S. The summed E-state index contributed by atoms with van der Waals surface area (Å²) in [6.45, 7) is 3.09. The number of carbonyl (C=O) groups is 1. The van der Waals surface area contributed by atoms with Crippen molar-refractivity contribution in [1.82, 2.24) is 34.1 Å². The maximum Gasteiger partial charge on any atom is 0.293 e. The van der Waals surface area contributed by atoms with E-state index in [-0.39, 0.29) is 51.5 Å². The van der Waals surface area contributed by atoms with Gasteiger partial charge in [-0.05, 0) is 74.6 Å². The highest BCUT2D eigenvalue weighted by Crippen LogP contribution is 2.68. The molecule has 25 heteroatoms. The number of hydrogen-bond acceptors (Lipinski definition) is 10. The van der Waals surface area contributed by atoms with Crippen molar-refractivity contribution in [2.75, 3.05) is 29.0 Å². The predicted octanol–water partition coefficient (Wildman–Crippen LogP) is 6.71. The van der Waals surface area contributed by atoms with E-state index in [1.54, 1.807) is 0 Å². The molecule has 0 bridgehead atoms. The Bertz CT molecular complexity index is 3120. The zero-order chi connectivity index (χ0) is 47.5. The normalized spacial score (nSPS) is 21.2. The predicted molar refractivity (Wildman–Crippen MR) is 223 cm³/mol. The standard InChI is InChI=1S/C41H37ClF8N10O5S/c1-16-13-57(14-17(2)65-16)28-7-4-21-37(52-28)53-39(59(40(21)62)26-6-5-25(42)30-33(26)58(15-27(45)46)55-38(30)56-66(3,63)64)23(10-18-8-19(43)11-20(44)9-18)32(36(51)61)60-34-29(31(54-60)35(47)48)22-12-24(22)41(34,49)50/h4-9,11,16-17,22-24,27,32,35H,10,12-15H2,1-3H3,(H2,51,61)(H,55,56)/t16-,17+,22-,23-,24+,32?/m0/s1. The quantitative estimate of drug-likeness (QED) is 0.118. The van der Waals surface area contributed by atoms with Gasteiger partial charge in [0.25, 0.3) is 24.3 Å². The molecule has 4 aromatic heterocycles. The number of halogens is 9. The van der Waals surface area contributed by atoms with E-state index in [1.807, 2.05) is 18.7 Å². The van der Waals surface area contributed by atoms with Gasteiger partial charge in [-0.15, -0.1) is 0 Å². The Hall–Kier alpha value is -5.88. The largest absolute Gasteiger partial charge is 0.372 e. The van der Waals surface area contributed by atoms with Gasteiger partial charge in [0.05, 0.1) is 51.4 Å². The Kier molecular flexibility index (Phi) is 11.1. The molecule has 0 spiro atoms. The van der Waals surface area contributed by atoms with E-state index >= 15 is 22.4 Å². The number of nitrogens with zero attached hydrogens (tertiary/aromatic N) is 8. The van der Waals surface area contributed by atoms with Crippen molar-refractivity contribution in [3.8, 4) is 5.69 Å². The Morgan fingerprint density at radius 1 is 1.02 bits per heavy atom. The number of amides is 1. The number of carbonyl (C=O) groups excluding carboxylic acids is 1. The van der Waals surface area contributed by atoms with Gasteiger partial charge in [-0.25, -0.2) is 49.4 Å². The van der Waals surface area contributed by atoms with Crippen LogP contribution in [0, 0.1) is 17.6 Å². The van der Waals surface area contributed by atoms with E-state index < -0.39 is 128 Å². The molecule has 1 unspecified atom stereocenters. The average Bonchev–Trinajstić information content (AvgIpc) is 3.72. The Morgan fingerprint density at radius 2 is 1.70 bits per heavy atom. The summed E-state index contributed by atoms with van der Waals surface area (Å²) in [4.78, 5) is 40.6. The van der Waals surface area contributed by atoms with Crippen LogP contribution in [0.15, 0.2) is 47.3 Å². The van der Waals surface area contributed by atoms with E-state index in [9.17, 15) is 30.8 Å². The molecule has 15 nitrogen and oxygen atoms in total. The lowest BCUT2D eigenvalue weighted by molar-refractivity contribution is -0.122. The number of nitrogens with one attached hydrogen (secondary N) is 1. The van der Waals surface area contributed by atoms with Crippen molar-refractivity contribution < 1.29 is 53.1 Å². The van der Waals surface area contributed by atoms with Crippen LogP contribution in [0.3, 0.4) is 0 Å². The fourth-order valence-corrected chi connectivity index (χ4v) is 10.2. The fourth-order valence-electron chi connectivity index (χ4n) is 9.48. The second kappa shape index (κ2) is 16.2. The lowest BCUT2D eigenvalue weighted by Gasteiger charge is -2.36. The molecule has 2 fully saturated rings. The van der Waals surface area contributed by atoms with Gasteiger partial charge in [0.2, 0.25) is 15.9 Å². The second-order valence-electron chi connectivity index (χ2n) is 16.8. The van der Waals surface area contributed by atoms with Crippen molar-refractivity contribution >= 4 is 61.1 Å². The molecule has 1 saturated carbocycles. The second-order valence-corrected chi connectivity index (χ2v) is 19.0. The number of sulfonamides is 1. The number of alkyl halides is 6. The van der Waals surface area contributed by atoms with Crippen LogP contribution in [0.25, 0.3) is 27.6 Å². The maximum atomic E-state index is 16.3. The summed E-state index contributed by atoms with van der Waals surface area (Å²) in [6.07, 6.45) is -7.32. The molecule has 3 N–H and O–H groups in total. The molecule has 1 saturated heterocycles. The van der Waals surface area contributed by atoms with Gasteiger partial charge >= 0.3 is 0 Å². The van der Waals surface area contributed by atoms with Gasteiger partial charge in [-0.1, -0.05) is 11.6 Å². The van der Waals surface area contributed by atoms with Gasteiger partial charge < -0.3 is 15.4 Å². The minimum atomic E-state index is -4.18. The molecule has 350 valence electrons. The van der Waals surface area contributed by atoms with Gasteiger partial charge in [0.1, 0.15) is 47.3 Å². The van der Waals surface area contributed by atoms with Gasteiger partial charge in [0, 0.05) is 30.6 Å². The number of pyridine rings is 1. The van der Waals surface area contributed by atoms with Crippen LogP contribution < -0.4 is 20.9 Å². The van der Waals surface area contributed by atoms with Crippen molar-refractivity contribution in [3.63, 3.8) is 0 Å². The first kappa shape index (κ1) is 45.3. The SMILES string of the molecule is C[C@@H]1CN(c2ccc3c(=O)n(-c4ccc(Cl)c5c(NS(C)(=O)=O)nn(CC(F)F)c45)c([C@@H](Cc4cc(F)cc(F)c4)C(C(N)=O)n4nc(C(F)F)c5c4C(F)(F)[C@@H]4C[C@H]54)nc3n2)C[C@H](C)O1. The molecule has 2 aliphatic carbocycles. The van der Waals surface area contributed by atoms with E-state index in [4.69, 9.17) is 27.1 Å². The van der Waals surface area contributed by atoms with Crippen molar-refractivity contribution in [2.24, 2.45) is 11.7 Å². The summed E-state index contributed by atoms with van der Waals surface area (Å²) in [5.74, 6) is -12.9. The summed E-state index contributed by atoms with van der Waals surface area (Å²) in [7, 11) is -4.18. The van der Waals surface area contributed by atoms with Crippen LogP contribution in [-0.4, -0.2) is 86.4 Å². The Labute approximate surface area is 373 Å². The summed E-state index contributed by atoms with van der Waals surface area (Å²) in [5.41, 5.74) is 1.02. The Morgan fingerprint density at radius 3 is 2.32 bits per heavy atom. The number of aromatic nitrogens is 7. The number of ether oxygens (including phenoxy) is 1. The molecule has 1 amide bonds. The highest BCUT2D eigenvalue weighted by Gasteiger charge is 2.68. The molecule has 66 heavy (non-hydrogen) atoms. The van der Waals surface area contributed by atoms with E-state index in [0.29, 0.717) is 28.5 Å². The van der Waals surface area contributed by atoms with E-state index in [0.717, 1.165) is 35.1 Å². The first-order chi connectivity index (χ1) is 31.0. The molecule has 6 atom stereocenters.